The van der Waals surface area contributed by atoms with Gasteiger partial charge in [0, 0.05) is 18.2 Å². The van der Waals surface area contributed by atoms with Gasteiger partial charge in [-0.15, -0.1) is 0 Å². The van der Waals surface area contributed by atoms with E-state index in [0.29, 0.717) is 12.1 Å². The average molecular weight is 286 g/mol. The molecule has 110 valence electrons. The van der Waals surface area contributed by atoms with Crippen LogP contribution in [0.2, 0.25) is 0 Å². The first-order valence-electron chi connectivity index (χ1n) is 6.76. The first-order valence-corrected chi connectivity index (χ1v) is 6.76. The van der Waals surface area contributed by atoms with Crippen LogP contribution < -0.4 is 10.1 Å². The van der Waals surface area contributed by atoms with E-state index < -0.39 is 0 Å². The standard InChI is InChI=1S/C16H18N2O3/c1-21-15-8-6-13(7-9-15)10-11-17-12-14-4-2-3-5-16(14)18(19)20/h2-9,17H,10-12H2,1H3. The monoisotopic (exact) mass is 286 g/mol. The second-order valence-corrected chi connectivity index (χ2v) is 4.66. The van der Waals surface area contributed by atoms with Gasteiger partial charge in [-0.3, -0.25) is 10.1 Å². The zero-order valence-corrected chi connectivity index (χ0v) is 11.9. The van der Waals surface area contributed by atoms with Gasteiger partial charge in [0.1, 0.15) is 5.75 Å². The van der Waals surface area contributed by atoms with Gasteiger partial charge in [-0.2, -0.15) is 0 Å². The SMILES string of the molecule is COc1ccc(CCNCc2ccccc2[N+](=O)[O-])cc1. The molecule has 0 aliphatic heterocycles. The Balaban J connectivity index is 1.83. The van der Waals surface area contributed by atoms with Gasteiger partial charge in [0.2, 0.25) is 0 Å². The van der Waals surface area contributed by atoms with Gasteiger partial charge in [0.25, 0.3) is 5.69 Å². The summed E-state index contributed by atoms with van der Waals surface area (Å²) in [6.07, 6.45) is 0.866. The Hall–Kier alpha value is -2.40. The Labute approximate surface area is 123 Å². The Morgan fingerprint density at radius 1 is 1.14 bits per heavy atom. The number of nitro benzene ring substituents is 1. The number of benzene rings is 2. The third-order valence-electron chi connectivity index (χ3n) is 3.25. The van der Waals surface area contributed by atoms with Crippen LogP contribution in [0, 0.1) is 10.1 Å². The average Bonchev–Trinajstić information content (AvgIpc) is 2.52. The van der Waals surface area contributed by atoms with Crippen LogP contribution >= 0.6 is 0 Å². The zero-order valence-electron chi connectivity index (χ0n) is 11.9. The normalized spacial score (nSPS) is 10.3. The minimum atomic E-state index is -0.347. The first kappa shape index (κ1) is 15.0. The minimum Gasteiger partial charge on any atom is -0.497 e. The summed E-state index contributed by atoms with van der Waals surface area (Å²) in [6, 6.07) is 14.7. The number of methoxy groups -OCH3 is 1. The molecule has 0 atom stereocenters. The fourth-order valence-electron chi connectivity index (χ4n) is 2.09. The van der Waals surface area contributed by atoms with E-state index in [4.69, 9.17) is 4.74 Å². The lowest BCUT2D eigenvalue weighted by Gasteiger charge is -2.06. The quantitative estimate of drug-likeness (QED) is 0.483. The Morgan fingerprint density at radius 3 is 2.52 bits per heavy atom. The number of rotatable bonds is 7. The second kappa shape index (κ2) is 7.40. The van der Waals surface area contributed by atoms with Crippen molar-refractivity contribution in [2.45, 2.75) is 13.0 Å². The van der Waals surface area contributed by atoms with E-state index in [1.165, 1.54) is 11.6 Å². The van der Waals surface area contributed by atoms with Crippen molar-refractivity contribution >= 4 is 5.69 Å². The van der Waals surface area contributed by atoms with Crippen LogP contribution in [0.1, 0.15) is 11.1 Å². The van der Waals surface area contributed by atoms with Gasteiger partial charge in [-0.05, 0) is 30.7 Å². The highest BCUT2D eigenvalue weighted by Crippen LogP contribution is 2.17. The summed E-state index contributed by atoms with van der Waals surface area (Å²) in [7, 11) is 1.64. The molecule has 0 aliphatic carbocycles. The molecular formula is C16H18N2O3. The highest BCUT2D eigenvalue weighted by molar-refractivity contribution is 5.39. The van der Waals surface area contributed by atoms with Crippen molar-refractivity contribution in [3.63, 3.8) is 0 Å². The molecule has 0 aromatic heterocycles. The van der Waals surface area contributed by atoms with Gasteiger partial charge >= 0.3 is 0 Å². The molecule has 2 rings (SSSR count). The lowest BCUT2D eigenvalue weighted by atomic mass is 10.1. The second-order valence-electron chi connectivity index (χ2n) is 4.66. The van der Waals surface area contributed by atoms with E-state index in [2.05, 4.69) is 5.32 Å². The van der Waals surface area contributed by atoms with Crippen LogP contribution in [0.25, 0.3) is 0 Å². The van der Waals surface area contributed by atoms with E-state index in [1.807, 2.05) is 30.3 Å². The van der Waals surface area contributed by atoms with Crippen molar-refractivity contribution in [2.24, 2.45) is 0 Å². The summed E-state index contributed by atoms with van der Waals surface area (Å²) >= 11 is 0. The molecule has 21 heavy (non-hydrogen) atoms. The van der Waals surface area contributed by atoms with Crippen LogP contribution in [0.5, 0.6) is 5.75 Å². The number of hydrogen-bond acceptors (Lipinski definition) is 4. The molecule has 0 radical (unpaired) electrons. The molecule has 0 aliphatic rings. The summed E-state index contributed by atoms with van der Waals surface area (Å²) < 4.78 is 5.11. The van der Waals surface area contributed by atoms with Crippen molar-refractivity contribution in [3.8, 4) is 5.75 Å². The van der Waals surface area contributed by atoms with E-state index in [1.54, 1.807) is 19.2 Å². The van der Waals surface area contributed by atoms with Gasteiger partial charge in [-0.1, -0.05) is 30.3 Å². The van der Waals surface area contributed by atoms with Crippen molar-refractivity contribution in [2.75, 3.05) is 13.7 Å². The summed E-state index contributed by atoms with van der Waals surface area (Å²) in [5.74, 6) is 0.839. The Kier molecular flexibility index (Phi) is 5.29. The maximum absolute atomic E-state index is 10.9. The van der Waals surface area contributed by atoms with Crippen molar-refractivity contribution in [1.82, 2.24) is 5.32 Å². The zero-order chi connectivity index (χ0) is 15.1. The summed E-state index contributed by atoms with van der Waals surface area (Å²) in [5.41, 5.74) is 2.07. The van der Waals surface area contributed by atoms with Crippen molar-refractivity contribution in [3.05, 3.63) is 69.8 Å². The molecule has 0 spiro atoms. The van der Waals surface area contributed by atoms with Crippen molar-refractivity contribution in [1.29, 1.82) is 0 Å². The first-order chi connectivity index (χ1) is 10.2. The largest absolute Gasteiger partial charge is 0.497 e. The number of nitrogens with zero attached hydrogens (tertiary/aromatic N) is 1. The third-order valence-corrected chi connectivity index (χ3v) is 3.25. The van der Waals surface area contributed by atoms with Gasteiger partial charge < -0.3 is 10.1 Å². The maximum atomic E-state index is 10.9. The number of para-hydroxylation sites is 1. The van der Waals surface area contributed by atoms with Crippen LogP contribution in [-0.2, 0) is 13.0 Å². The highest BCUT2D eigenvalue weighted by atomic mass is 16.6. The summed E-state index contributed by atoms with van der Waals surface area (Å²) in [5, 5.41) is 14.1. The molecule has 0 saturated heterocycles. The topological polar surface area (TPSA) is 64.4 Å². The number of nitrogens with one attached hydrogen (secondary N) is 1. The predicted octanol–water partition coefficient (Wildman–Crippen LogP) is 2.94. The number of ether oxygens (including phenoxy) is 1. The molecule has 2 aromatic carbocycles. The summed E-state index contributed by atoms with van der Waals surface area (Å²) in [4.78, 5) is 10.6. The fraction of sp³-hybridized carbons (Fsp3) is 0.250. The number of nitro groups is 1. The highest BCUT2D eigenvalue weighted by Gasteiger charge is 2.11. The predicted molar refractivity (Wildman–Crippen MR) is 81.5 cm³/mol. The molecule has 1 N–H and O–H groups in total. The van der Waals surface area contributed by atoms with Crippen LogP contribution in [-0.4, -0.2) is 18.6 Å². The Morgan fingerprint density at radius 2 is 1.86 bits per heavy atom. The molecule has 0 unspecified atom stereocenters. The van der Waals surface area contributed by atoms with E-state index >= 15 is 0 Å². The molecule has 5 heteroatoms. The molecule has 5 nitrogen and oxygen atoms in total. The van der Waals surface area contributed by atoms with Gasteiger partial charge in [0.05, 0.1) is 12.0 Å². The van der Waals surface area contributed by atoms with Crippen LogP contribution in [0.3, 0.4) is 0 Å². The summed E-state index contributed by atoms with van der Waals surface area (Å²) in [6.45, 7) is 1.26. The minimum absolute atomic E-state index is 0.162. The molecule has 0 bridgehead atoms. The fourth-order valence-corrected chi connectivity index (χ4v) is 2.09. The van der Waals surface area contributed by atoms with E-state index in [9.17, 15) is 10.1 Å². The lowest BCUT2D eigenvalue weighted by molar-refractivity contribution is -0.385. The van der Waals surface area contributed by atoms with Crippen LogP contribution in [0.4, 0.5) is 5.69 Å². The Bertz CT molecular complexity index is 597. The third kappa shape index (κ3) is 4.29. The van der Waals surface area contributed by atoms with Crippen LogP contribution in [0.15, 0.2) is 48.5 Å². The maximum Gasteiger partial charge on any atom is 0.273 e. The molecular weight excluding hydrogens is 268 g/mol. The van der Waals surface area contributed by atoms with Gasteiger partial charge in [0.15, 0.2) is 0 Å². The molecule has 2 aromatic rings. The molecule has 0 fully saturated rings. The van der Waals surface area contributed by atoms with Crippen molar-refractivity contribution < 1.29 is 9.66 Å². The van der Waals surface area contributed by atoms with E-state index in [0.717, 1.165) is 18.7 Å². The lowest BCUT2D eigenvalue weighted by Crippen LogP contribution is -2.17. The van der Waals surface area contributed by atoms with Gasteiger partial charge in [-0.25, -0.2) is 0 Å². The number of hydrogen-bond donors (Lipinski definition) is 1. The molecule has 0 amide bonds. The van der Waals surface area contributed by atoms with E-state index in [-0.39, 0.29) is 10.6 Å². The smallest absolute Gasteiger partial charge is 0.273 e. The molecule has 0 saturated carbocycles. The molecule has 0 heterocycles.